The number of amides is 1. The molecule has 1 aromatic carbocycles. The summed E-state index contributed by atoms with van der Waals surface area (Å²) >= 11 is 0. The van der Waals surface area contributed by atoms with Crippen LogP contribution in [0, 0.1) is 16.0 Å². The summed E-state index contributed by atoms with van der Waals surface area (Å²) in [5.41, 5.74) is 7.73. The third-order valence-electron chi connectivity index (χ3n) is 4.31. The lowest BCUT2D eigenvalue weighted by Crippen LogP contribution is -2.40. The van der Waals surface area contributed by atoms with Crippen molar-refractivity contribution in [2.24, 2.45) is 11.7 Å². The molecule has 1 atom stereocenters. The van der Waals surface area contributed by atoms with E-state index in [1.807, 2.05) is 11.9 Å². The first kappa shape index (κ1) is 13.8. The number of rotatable bonds is 5. The fourth-order valence-corrected chi connectivity index (χ4v) is 3.01. The van der Waals surface area contributed by atoms with Gasteiger partial charge in [0.1, 0.15) is 5.69 Å². The zero-order chi connectivity index (χ0) is 15.1. The minimum absolute atomic E-state index is 0.0341. The maximum absolute atomic E-state index is 11.5. The van der Waals surface area contributed by atoms with Gasteiger partial charge in [-0.15, -0.1) is 0 Å². The van der Waals surface area contributed by atoms with E-state index < -0.39 is 4.92 Å². The SMILES string of the molecule is CN(c1cc2c(cc1[N+](=O)[O-])CC(=O)N2)C(CN)C1CC1. The van der Waals surface area contributed by atoms with Gasteiger partial charge in [0.15, 0.2) is 0 Å². The number of anilines is 2. The molecule has 1 unspecified atom stereocenters. The predicted octanol–water partition coefficient (Wildman–Crippen LogP) is 1.26. The first-order chi connectivity index (χ1) is 10.0. The van der Waals surface area contributed by atoms with Crippen LogP contribution in [0.3, 0.4) is 0 Å². The lowest BCUT2D eigenvalue weighted by molar-refractivity contribution is -0.384. The summed E-state index contributed by atoms with van der Waals surface area (Å²) < 4.78 is 0. The normalized spacial score (nSPS) is 18.1. The van der Waals surface area contributed by atoms with Crippen LogP contribution in [0.15, 0.2) is 12.1 Å². The highest BCUT2D eigenvalue weighted by Gasteiger charge is 2.36. The quantitative estimate of drug-likeness (QED) is 0.628. The lowest BCUT2D eigenvalue weighted by Gasteiger charge is -2.29. The number of hydrogen-bond donors (Lipinski definition) is 2. The first-order valence-corrected chi connectivity index (χ1v) is 7.05. The number of nitrogens with zero attached hydrogens (tertiary/aromatic N) is 2. The Balaban J connectivity index is 2.02. The summed E-state index contributed by atoms with van der Waals surface area (Å²) in [5.74, 6) is 0.374. The van der Waals surface area contributed by atoms with E-state index in [0.717, 1.165) is 12.8 Å². The van der Waals surface area contributed by atoms with Crippen LogP contribution in [0.25, 0.3) is 0 Å². The number of nitrogens with one attached hydrogen (secondary N) is 1. The number of carbonyl (C=O) groups is 1. The molecule has 3 rings (SSSR count). The van der Waals surface area contributed by atoms with Gasteiger partial charge in [0.25, 0.3) is 5.69 Å². The van der Waals surface area contributed by atoms with Gasteiger partial charge in [0, 0.05) is 31.4 Å². The molecule has 0 aromatic heterocycles. The molecule has 1 aliphatic carbocycles. The van der Waals surface area contributed by atoms with E-state index in [9.17, 15) is 14.9 Å². The third kappa shape index (κ3) is 2.44. The Morgan fingerprint density at radius 2 is 2.24 bits per heavy atom. The molecule has 21 heavy (non-hydrogen) atoms. The van der Waals surface area contributed by atoms with Crippen molar-refractivity contribution >= 4 is 23.0 Å². The average Bonchev–Trinajstić information content (AvgIpc) is 3.18. The second kappa shape index (κ2) is 5.00. The van der Waals surface area contributed by atoms with Gasteiger partial charge in [-0.2, -0.15) is 0 Å². The summed E-state index contributed by atoms with van der Waals surface area (Å²) in [6.45, 7) is 0.460. The molecule has 1 saturated carbocycles. The second-order valence-corrected chi connectivity index (χ2v) is 5.73. The monoisotopic (exact) mass is 290 g/mol. The van der Waals surface area contributed by atoms with Crippen molar-refractivity contribution in [1.29, 1.82) is 0 Å². The van der Waals surface area contributed by atoms with Crippen LogP contribution in [-0.4, -0.2) is 30.5 Å². The smallest absolute Gasteiger partial charge is 0.292 e. The van der Waals surface area contributed by atoms with Crippen LogP contribution in [0.2, 0.25) is 0 Å². The minimum atomic E-state index is -0.393. The minimum Gasteiger partial charge on any atom is -0.364 e. The fraction of sp³-hybridized carbons (Fsp3) is 0.500. The van der Waals surface area contributed by atoms with Crippen molar-refractivity contribution < 1.29 is 9.72 Å². The molecule has 2 aliphatic rings. The topological polar surface area (TPSA) is 101 Å². The molecular formula is C14H18N4O3. The number of benzene rings is 1. The van der Waals surface area contributed by atoms with Crippen molar-refractivity contribution in [2.45, 2.75) is 25.3 Å². The van der Waals surface area contributed by atoms with Gasteiger partial charge < -0.3 is 16.0 Å². The van der Waals surface area contributed by atoms with Gasteiger partial charge in [0.05, 0.1) is 11.3 Å². The van der Waals surface area contributed by atoms with Crippen molar-refractivity contribution in [2.75, 3.05) is 23.8 Å². The van der Waals surface area contributed by atoms with Gasteiger partial charge in [-0.25, -0.2) is 0 Å². The third-order valence-corrected chi connectivity index (χ3v) is 4.31. The van der Waals surface area contributed by atoms with E-state index in [1.54, 1.807) is 6.07 Å². The van der Waals surface area contributed by atoms with Crippen molar-refractivity contribution in [3.8, 4) is 0 Å². The van der Waals surface area contributed by atoms with Crippen molar-refractivity contribution in [1.82, 2.24) is 0 Å². The highest BCUT2D eigenvalue weighted by Crippen LogP contribution is 2.41. The Kier molecular flexibility index (Phi) is 3.29. The Hall–Kier alpha value is -2.15. The van der Waals surface area contributed by atoms with Gasteiger partial charge in [0.2, 0.25) is 5.91 Å². The maximum Gasteiger partial charge on any atom is 0.292 e. The van der Waals surface area contributed by atoms with Crippen molar-refractivity contribution in [3.63, 3.8) is 0 Å². The molecule has 3 N–H and O–H groups in total. The van der Waals surface area contributed by atoms with E-state index in [1.165, 1.54) is 6.07 Å². The maximum atomic E-state index is 11.5. The van der Waals surface area contributed by atoms with E-state index in [0.29, 0.717) is 29.4 Å². The number of nitro benzene ring substituents is 1. The Morgan fingerprint density at radius 3 is 2.81 bits per heavy atom. The molecule has 7 heteroatoms. The van der Waals surface area contributed by atoms with Crippen LogP contribution in [0.5, 0.6) is 0 Å². The molecule has 1 fully saturated rings. The molecule has 0 bridgehead atoms. The Morgan fingerprint density at radius 1 is 1.52 bits per heavy atom. The summed E-state index contributed by atoms with van der Waals surface area (Å²) in [6.07, 6.45) is 2.42. The van der Waals surface area contributed by atoms with E-state index in [2.05, 4.69) is 5.32 Å². The number of carbonyl (C=O) groups excluding carboxylic acids is 1. The van der Waals surface area contributed by atoms with E-state index in [4.69, 9.17) is 5.73 Å². The molecule has 0 saturated heterocycles. The largest absolute Gasteiger partial charge is 0.364 e. The standard InChI is InChI=1S/C14H18N4O3/c1-17(13(7-15)8-2-3-8)11-6-10-9(5-14(19)16-10)4-12(11)18(20)21/h4,6,8,13H,2-3,5,7,15H2,1H3,(H,16,19). The molecule has 0 radical (unpaired) electrons. The van der Waals surface area contributed by atoms with Gasteiger partial charge in [-0.05, 0) is 30.4 Å². The van der Waals surface area contributed by atoms with Gasteiger partial charge in [-0.1, -0.05) is 0 Å². The molecule has 1 heterocycles. The molecule has 112 valence electrons. The van der Waals surface area contributed by atoms with E-state index in [-0.39, 0.29) is 24.1 Å². The molecule has 0 spiro atoms. The fourth-order valence-electron chi connectivity index (χ4n) is 3.01. The Labute approximate surface area is 122 Å². The van der Waals surface area contributed by atoms with E-state index >= 15 is 0 Å². The first-order valence-electron chi connectivity index (χ1n) is 7.05. The Bertz CT molecular complexity index is 612. The molecule has 1 aliphatic heterocycles. The molecule has 7 nitrogen and oxygen atoms in total. The zero-order valence-corrected chi connectivity index (χ0v) is 11.8. The molecule has 1 amide bonds. The van der Waals surface area contributed by atoms with Crippen molar-refractivity contribution in [3.05, 3.63) is 27.8 Å². The average molecular weight is 290 g/mol. The van der Waals surface area contributed by atoms with Crippen LogP contribution in [-0.2, 0) is 11.2 Å². The summed E-state index contributed by atoms with van der Waals surface area (Å²) in [5, 5.41) is 14.1. The number of likely N-dealkylation sites (N-methyl/N-ethyl adjacent to an activating group) is 1. The highest BCUT2D eigenvalue weighted by molar-refractivity contribution is 6.00. The summed E-state index contributed by atoms with van der Waals surface area (Å²) in [6, 6.07) is 3.29. The van der Waals surface area contributed by atoms with Crippen LogP contribution in [0.4, 0.5) is 17.1 Å². The predicted molar refractivity (Wildman–Crippen MR) is 79.4 cm³/mol. The summed E-state index contributed by atoms with van der Waals surface area (Å²) in [4.78, 5) is 24.3. The van der Waals surface area contributed by atoms with Crippen LogP contribution >= 0.6 is 0 Å². The summed E-state index contributed by atoms with van der Waals surface area (Å²) in [7, 11) is 1.83. The molecular weight excluding hydrogens is 272 g/mol. The number of fused-ring (bicyclic) bond motifs is 1. The molecule has 1 aromatic rings. The second-order valence-electron chi connectivity index (χ2n) is 5.73. The number of nitrogens with two attached hydrogens (primary N) is 1. The van der Waals surface area contributed by atoms with Gasteiger partial charge >= 0.3 is 0 Å². The van der Waals surface area contributed by atoms with Crippen LogP contribution in [0.1, 0.15) is 18.4 Å². The lowest BCUT2D eigenvalue weighted by atomic mass is 10.1. The highest BCUT2D eigenvalue weighted by atomic mass is 16.6. The number of hydrogen-bond acceptors (Lipinski definition) is 5. The van der Waals surface area contributed by atoms with Crippen LogP contribution < -0.4 is 16.0 Å². The zero-order valence-electron chi connectivity index (χ0n) is 11.8. The van der Waals surface area contributed by atoms with Gasteiger partial charge in [-0.3, -0.25) is 14.9 Å². The number of nitro groups is 1.